The van der Waals surface area contributed by atoms with E-state index in [0.29, 0.717) is 0 Å². The Bertz CT molecular complexity index is 78.6. The third-order valence-corrected chi connectivity index (χ3v) is 0.183. The average Bonchev–Trinajstić information content (AvgIpc) is 1.72. The standard InChI is InChI=1S/C2H2O4.C2H5.K/c3-1(4)2(5)6;1-2;/h(H,3,4)(H,5,6);1H2,2H3;/q;-1;+1. The van der Waals surface area contributed by atoms with E-state index in [1.807, 2.05) is 0 Å². The fraction of sp³-hybridized carbons (Fsp3) is 0.250. The van der Waals surface area contributed by atoms with E-state index >= 15 is 0 Å². The summed E-state index contributed by atoms with van der Waals surface area (Å²) in [6.45, 7) is 5.00. The quantitative estimate of drug-likeness (QED) is 0.224. The first-order valence-corrected chi connectivity index (χ1v) is 1.81. The van der Waals surface area contributed by atoms with Crippen LogP contribution in [-0.2, 0) is 9.59 Å². The van der Waals surface area contributed by atoms with Crippen LogP contribution in [0.5, 0.6) is 0 Å². The van der Waals surface area contributed by atoms with Crippen LogP contribution < -0.4 is 51.4 Å². The molecule has 0 aliphatic heterocycles. The topological polar surface area (TPSA) is 74.6 Å². The maximum Gasteiger partial charge on any atom is 1.00 e. The van der Waals surface area contributed by atoms with Crippen molar-refractivity contribution in [3.8, 4) is 0 Å². The van der Waals surface area contributed by atoms with Gasteiger partial charge < -0.3 is 17.1 Å². The number of aliphatic carboxylic acids is 2. The molecule has 0 bridgehead atoms. The van der Waals surface area contributed by atoms with Gasteiger partial charge in [0.1, 0.15) is 0 Å². The van der Waals surface area contributed by atoms with Crippen LogP contribution in [0.2, 0.25) is 0 Å². The Balaban J connectivity index is -0.000000109. The van der Waals surface area contributed by atoms with Gasteiger partial charge in [0.2, 0.25) is 0 Å². The molecule has 0 unspecified atom stereocenters. The van der Waals surface area contributed by atoms with Crippen LogP contribution in [0.25, 0.3) is 0 Å². The Kier molecular flexibility index (Phi) is 20.6. The summed E-state index contributed by atoms with van der Waals surface area (Å²) >= 11 is 0. The molecule has 0 rings (SSSR count). The maximum atomic E-state index is 9.10. The van der Waals surface area contributed by atoms with Crippen molar-refractivity contribution in [3.05, 3.63) is 6.92 Å². The number of rotatable bonds is 0. The first-order chi connectivity index (χ1) is 3.64. The summed E-state index contributed by atoms with van der Waals surface area (Å²) in [5, 5.41) is 14.8. The van der Waals surface area contributed by atoms with Crippen molar-refractivity contribution in [2.24, 2.45) is 0 Å². The molecule has 0 spiro atoms. The van der Waals surface area contributed by atoms with Gasteiger partial charge in [-0.25, -0.2) is 9.59 Å². The molecule has 48 valence electrons. The normalized spacial score (nSPS) is 5.56. The monoisotopic (exact) mass is 158 g/mol. The van der Waals surface area contributed by atoms with Gasteiger partial charge in [-0.2, -0.15) is 6.92 Å². The number of carboxylic acid groups (broad SMARTS) is 2. The molecule has 0 aromatic heterocycles. The van der Waals surface area contributed by atoms with Gasteiger partial charge in [0.05, 0.1) is 0 Å². The fourth-order valence-corrected chi connectivity index (χ4v) is 0. The molecule has 0 heterocycles. The third-order valence-electron chi connectivity index (χ3n) is 0.183. The molecule has 0 aliphatic rings. The molecule has 0 atom stereocenters. The smallest absolute Gasteiger partial charge is 0.473 e. The number of carboxylic acids is 2. The van der Waals surface area contributed by atoms with Crippen LogP contribution in [0.15, 0.2) is 0 Å². The minimum Gasteiger partial charge on any atom is -0.473 e. The second kappa shape index (κ2) is 11.4. The Morgan fingerprint density at radius 3 is 1.22 bits per heavy atom. The van der Waals surface area contributed by atoms with Crippen molar-refractivity contribution < 1.29 is 71.2 Å². The summed E-state index contributed by atoms with van der Waals surface area (Å²) < 4.78 is 0. The van der Waals surface area contributed by atoms with Crippen molar-refractivity contribution in [2.75, 3.05) is 0 Å². The van der Waals surface area contributed by atoms with Crippen molar-refractivity contribution in [1.82, 2.24) is 0 Å². The first-order valence-electron chi connectivity index (χ1n) is 1.81. The van der Waals surface area contributed by atoms with E-state index in [0.717, 1.165) is 0 Å². The third kappa shape index (κ3) is 17.7. The largest absolute Gasteiger partial charge is 1.00 e. The zero-order valence-corrected chi connectivity index (χ0v) is 8.54. The van der Waals surface area contributed by atoms with Crippen LogP contribution in [0.1, 0.15) is 6.92 Å². The molecule has 0 amide bonds. The Hall–Kier alpha value is 0.576. The van der Waals surface area contributed by atoms with E-state index in [2.05, 4.69) is 6.92 Å². The van der Waals surface area contributed by atoms with Gasteiger partial charge in [-0.3, -0.25) is 0 Å². The van der Waals surface area contributed by atoms with Gasteiger partial charge >= 0.3 is 63.3 Å². The second-order valence-electron chi connectivity index (χ2n) is 0.610. The van der Waals surface area contributed by atoms with E-state index in [4.69, 9.17) is 19.8 Å². The minimum absolute atomic E-state index is 0. The van der Waals surface area contributed by atoms with Crippen LogP contribution in [0.4, 0.5) is 0 Å². The predicted molar refractivity (Wildman–Crippen MR) is 26.3 cm³/mol. The number of hydrogen-bond donors (Lipinski definition) is 2. The van der Waals surface area contributed by atoms with Crippen molar-refractivity contribution in [3.63, 3.8) is 0 Å². The second-order valence-corrected chi connectivity index (χ2v) is 0.610. The first kappa shape index (κ1) is 16.3. The molecule has 0 radical (unpaired) electrons. The van der Waals surface area contributed by atoms with Gasteiger partial charge in [-0.05, 0) is 0 Å². The molecule has 0 saturated carbocycles. The predicted octanol–water partition coefficient (Wildman–Crippen LogP) is -3.00. The summed E-state index contributed by atoms with van der Waals surface area (Å²) in [5.41, 5.74) is 0. The van der Waals surface area contributed by atoms with E-state index in [1.165, 1.54) is 0 Å². The van der Waals surface area contributed by atoms with Gasteiger partial charge in [-0.1, -0.05) is 0 Å². The van der Waals surface area contributed by atoms with Gasteiger partial charge in [0.15, 0.2) is 0 Å². The van der Waals surface area contributed by atoms with Gasteiger partial charge in [0, 0.05) is 0 Å². The number of carbonyl (C=O) groups is 2. The van der Waals surface area contributed by atoms with Crippen LogP contribution >= 0.6 is 0 Å². The number of hydrogen-bond acceptors (Lipinski definition) is 2. The van der Waals surface area contributed by atoms with Crippen molar-refractivity contribution in [1.29, 1.82) is 0 Å². The van der Waals surface area contributed by atoms with E-state index in [-0.39, 0.29) is 51.4 Å². The van der Waals surface area contributed by atoms with Crippen LogP contribution in [0, 0.1) is 6.92 Å². The zero-order chi connectivity index (χ0) is 7.15. The average molecular weight is 158 g/mol. The fourth-order valence-electron chi connectivity index (χ4n) is 0. The Morgan fingerprint density at radius 1 is 1.11 bits per heavy atom. The molecule has 2 N–H and O–H groups in total. The SMILES string of the molecule is O=C(O)C(=O)O.[CH2-]C.[K+]. The maximum absolute atomic E-state index is 9.10. The van der Waals surface area contributed by atoms with Crippen molar-refractivity contribution in [2.45, 2.75) is 6.92 Å². The zero-order valence-electron chi connectivity index (χ0n) is 5.42. The molecular formula is C4H7KO4. The summed E-state index contributed by atoms with van der Waals surface area (Å²) in [6, 6.07) is 0. The van der Waals surface area contributed by atoms with E-state index in [1.54, 1.807) is 6.92 Å². The molecule has 0 saturated heterocycles. The van der Waals surface area contributed by atoms with Gasteiger partial charge in [0.25, 0.3) is 0 Å². The molecular weight excluding hydrogens is 151 g/mol. The van der Waals surface area contributed by atoms with Crippen LogP contribution in [-0.4, -0.2) is 22.2 Å². The van der Waals surface area contributed by atoms with E-state index < -0.39 is 11.9 Å². The minimum atomic E-state index is -1.82. The summed E-state index contributed by atoms with van der Waals surface area (Å²) in [7, 11) is 0. The van der Waals surface area contributed by atoms with E-state index in [9.17, 15) is 0 Å². The van der Waals surface area contributed by atoms with Gasteiger partial charge in [-0.15, -0.1) is 0 Å². The van der Waals surface area contributed by atoms with Crippen LogP contribution in [0.3, 0.4) is 0 Å². The van der Waals surface area contributed by atoms with Crippen molar-refractivity contribution >= 4 is 11.9 Å². The molecule has 0 fully saturated rings. The summed E-state index contributed by atoms with van der Waals surface area (Å²) in [6.07, 6.45) is 0. The Labute approximate surface area is 95.7 Å². The molecule has 9 heavy (non-hydrogen) atoms. The Morgan fingerprint density at radius 2 is 1.22 bits per heavy atom. The molecule has 4 nitrogen and oxygen atoms in total. The molecule has 0 aliphatic carbocycles. The summed E-state index contributed by atoms with van der Waals surface area (Å²) in [4.78, 5) is 18.2. The molecule has 5 heteroatoms. The molecule has 0 aromatic rings. The molecule has 0 aromatic carbocycles. The summed E-state index contributed by atoms with van der Waals surface area (Å²) in [5.74, 6) is -3.65.